The van der Waals surface area contributed by atoms with Crippen LogP contribution in [0.4, 0.5) is 0 Å². The molecular weight excluding hydrogens is 394 g/mol. The minimum atomic E-state index is -1.43. The first-order valence-corrected chi connectivity index (χ1v) is 10.8. The molecule has 5 nitrogen and oxygen atoms in total. The van der Waals surface area contributed by atoms with Crippen molar-refractivity contribution in [3.05, 3.63) is 83.0 Å². The summed E-state index contributed by atoms with van der Waals surface area (Å²) in [6, 6.07) is 7.66. The Balaban J connectivity index is 2.47. The van der Waals surface area contributed by atoms with E-state index in [0.29, 0.717) is 17.3 Å². The van der Waals surface area contributed by atoms with Gasteiger partial charge >= 0.3 is 0 Å². The van der Waals surface area contributed by atoms with Crippen molar-refractivity contribution in [2.75, 3.05) is 14.2 Å². The summed E-state index contributed by atoms with van der Waals surface area (Å²) in [5.41, 5.74) is 4.54. The van der Waals surface area contributed by atoms with E-state index in [-0.39, 0.29) is 0 Å². The molecule has 1 aromatic carbocycles. The molecule has 6 heteroatoms. The van der Waals surface area contributed by atoms with Gasteiger partial charge < -0.3 is 9.72 Å². The predicted molar refractivity (Wildman–Crippen MR) is 127 cm³/mol. The summed E-state index contributed by atoms with van der Waals surface area (Å²) in [5.74, 6) is 0.624. The number of H-pyrrole nitrogens is 1. The molecule has 158 valence electrons. The van der Waals surface area contributed by atoms with Gasteiger partial charge in [-0.1, -0.05) is 42.5 Å². The van der Waals surface area contributed by atoms with Crippen LogP contribution in [0.2, 0.25) is 0 Å². The van der Waals surface area contributed by atoms with Gasteiger partial charge in [0, 0.05) is 30.2 Å². The van der Waals surface area contributed by atoms with Crippen molar-refractivity contribution < 1.29 is 8.95 Å². The number of allylic oxidation sites excluding steroid dienone is 8. The number of rotatable bonds is 9. The van der Waals surface area contributed by atoms with Gasteiger partial charge in [-0.05, 0) is 44.6 Å². The van der Waals surface area contributed by atoms with Gasteiger partial charge in [0.05, 0.1) is 18.1 Å². The average molecular weight is 424 g/mol. The Morgan fingerprint density at radius 3 is 2.63 bits per heavy atom. The molecule has 0 spiro atoms. The third-order valence-corrected chi connectivity index (χ3v) is 5.77. The molecule has 2 aromatic rings. The molecule has 1 atom stereocenters. The number of hydrogen-bond donors (Lipinski definition) is 1. The van der Waals surface area contributed by atoms with Crippen molar-refractivity contribution in [3.63, 3.8) is 0 Å². The van der Waals surface area contributed by atoms with Gasteiger partial charge in [0.15, 0.2) is 0 Å². The largest absolute Gasteiger partial charge is 0.497 e. The number of imidazole rings is 1. The SMILES string of the molecule is C=C/C(=C\C(CC(/C=C\C=C(C)C)=C(/C)S(=O)c1nc2ccccc2[nH]1)=NC)OC. The fraction of sp³-hybridized carbons (Fsp3) is 0.250. The minimum absolute atomic E-state index is 0.441. The van der Waals surface area contributed by atoms with Crippen LogP contribution in [0.5, 0.6) is 0 Å². The molecule has 0 saturated carbocycles. The molecule has 0 radical (unpaired) electrons. The van der Waals surface area contributed by atoms with Gasteiger partial charge in [0.1, 0.15) is 16.6 Å². The zero-order valence-corrected chi connectivity index (χ0v) is 19.0. The molecule has 0 bridgehead atoms. The molecule has 0 fully saturated rings. The molecule has 2 rings (SSSR count). The molecule has 30 heavy (non-hydrogen) atoms. The van der Waals surface area contributed by atoms with Crippen LogP contribution < -0.4 is 0 Å². The average Bonchev–Trinajstić information content (AvgIpc) is 3.18. The van der Waals surface area contributed by atoms with Crippen molar-refractivity contribution in [1.29, 1.82) is 0 Å². The summed E-state index contributed by atoms with van der Waals surface area (Å²) < 4.78 is 18.6. The zero-order chi connectivity index (χ0) is 22.1. The third-order valence-electron chi connectivity index (χ3n) is 4.41. The molecule has 0 saturated heterocycles. The summed E-state index contributed by atoms with van der Waals surface area (Å²) in [7, 11) is 1.89. The van der Waals surface area contributed by atoms with E-state index in [1.807, 2.05) is 69.3 Å². The van der Waals surface area contributed by atoms with Crippen LogP contribution in [0, 0.1) is 0 Å². The first-order valence-electron chi connectivity index (χ1n) is 9.61. The maximum absolute atomic E-state index is 13.3. The highest BCUT2D eigenvalue weighted by Gasteiger charge is 2.15. The number of hydrogen-bond acceptors (Lipinski definition) is 4. The standard InChI is InChI=1S/C24H29N3O2S/c1-7-21(29-6)16-20(25-5)15-19(12-10-11-17(2)3)18(4)30(28)24-26-22-13-8-9-14-23(22)27-24/h7-14,16H,1,15H2,2-6H3,(H,26,27)/b12-10-,19-18-,21-16+,25-20?. The summed E-state index contributed by atoms with van der Waals surface area (Å²) in [5, 5.41) is 0.441. The molecular formula is C24H29N3O2S. The molecule has 0 aliphatic heterocycles. The van der Waals surface area contributed by atoms with E-state index >= 15 is 0 Å². The second-order valence-corrected chi connectivity index (χ2v) is 8.40. The van der Waals surface area contributed by atoms with Crippen molar-refractivity contribution in [3.8, 4) is 0 Å². The maximum atomic E-state index is 13.3. The fourth-order valence-electron chi connectivity index (χ4n) is 2.69. The lowest BCUT2D eigenvalue weighted by Crippen LogP contribution is -2.04. The Labute approximate surface area is 181 Å². The number of ether oxygens (including phenoxy) is 1. The van der Waals surface area contributed by atoms with E-state index in [1.54, 1.807) is 20.2 Å². The lowest BCUT2D eigenvalue weighted by molar-refractivity contribution is 0.307. The highest BCUT2D eigenvalue weighted by Crippen LogP contribution is 2.22. The van der Waals surface area contributed by atoms with Gasteiger partial charge in [-0.3, -0.25) is 4.99 Å². The van der Waals surface area contributed by atoms with E-state index in [2.05, 4.69) is 21.5 Å². The van der Waals surface area contributed by atoms with Gasteiger partial charge in [-0.2, -0.15) is 0 Å². The smallest absolute Gasteiger partial charge is 0.202 e. The first-order chi connectivity index (χ1) is 14.4. The minimum Gasteiger partial charge on any atom is -0.497 e. The summed E-state index contributed by atoms with van der Waals surface area (Å²) in [6.07, 6.45) is 9.92. The fourth-order valence-corrected chi connectivity index (χ4v) is 3.75. The first kappa shape index (κ1) is 23.3. The lowest BCUT2D eigenvalue weighted by Gasteiger charge is -2.09. The van der Waals surface area contributed by atoms with Crippen molar-refractivity contribution >= 4 is 27.5 Å². The van der Waals surface area contributed by atoms with Crippen LogP contribution in [0.1, 0.15) is 27.2 Å². The van der Waals surface area contributed by atoms with E-state index < -0.39 is 10.8 Å². The number of nitrogens with one attached hydrogen (secondary N) is 1. The zero-order valence-electron chi connectivity index (χ0n) is 18.2. The Morgan fingerprint density at radius 2 is 2.03 bits per heavy atom. The third kappa shape index (κ3) is 6.26. The number of nitrogens with zero attached hydrogens (tertiary/aromatic N) is 2. The van der Waals surface area contributed by atoms with Crippen molar-refractivity contribution in [2.24, 2.45) is 4.99 Å². The van der Waals surface area contributed by atoms with Gasteiger partial charge in [0.25, 0.3) is 0 Å². The summed E-state index contributed by atoms with van der Waals surface area (Å²) in [6.45, 7) is 9.68. The van der Waals surface area contributed by atoms with Crippen LogP contribution >= 0.6 is 0 Å². The second-order valence-electron chi connectivity index (χ2n) is 6.86. The number of methoxy groups -OCH3 is 1. The highest BCUT2D eigenvalue weighted by molar-refractivity contribution is 7.88. The highest BCUT2D eigenvalue weighted by atomic mass is 32.2. The molecule has 1 heterocycles. The lowest BCUT2D eigenvalue weighted by atomic mass is 10.1. The molecule has 0 amide bonds. The normalized spacial score (nSPS) is 14.6. The van der Waals surface area contributed by atoms with Gasteiger partial charge in [-0.25, -0.2) is 9.19 Å². The van der Waals surface area contributed by atoms with Crippen LogP contribution in [0.25, 0.3) is 11.0 Å². The number of para-hydroxylation sites is 2. The molecule has 1 unspecified atom stereocenters. The molecule has 0 aliphatic carbocycles. The second kappa shape index (κ2) is 11.3. The quantitative estimate of drug-likeness (QED) is 0.322. The molecule has 1 N–H and O–H groups in total. The van der Waals surface area contributed by atoms with Crippen LogP contribution in [-0.2, 0) is 15.5 Å². The molecule has 0 aliphatic rings. The monoisotopic (exact) mass is 423 g/mol. The number of aromatic amines is 1. The molecule has 1 aromatic heterocycles. The van der Waals surface area contributed by atoms with E-state index in [0.717, 1.165) is 27.2 Å². The van der Waals surface area contributed by atoms with E-state index in [1.165, 1.54) is 5.57 Å². The Bertz CT molecular complexity index is 1050. The van der Waals surface area contributed by atoms with Crippen molar-refractivity contribution in [2.45, 2.75) is 32.3 Å². The Morgan fingerprint density at radius 1 is 1.30 bits per heavy atom. The summed E-state index contributed by atoms with van der Waals surface area (Å²) >= 11 is 0. The van der Waals surface area contributed by atoms with Gasteiger partial charge in [0.2, 0.25) is 5.16 Å². The number of fused-ring (bicyclic) bond motifs is 1. The van der Waals surface area contributed by atoms with Gasteiger partial charge in [-0.15, -0.1) is 0 Å². The Kier molecular flexibility index (Phi) is 8.74. The van der Waals surface area contributed by atoms with E-state index in [9.17, 15) is 4.21 Å². The van der Waals surface area contributed by atoms with E-state index in [4.69, 9.17) is 4.74 Å². The topological polar surface area (TPSA) is 67.3 Å². The van der Waals surface area contributed by atoms with Crippen LogP contribution in [0.3, 0.4) is 0 Å². The maximum Gasteiger partial charge on any atom is 0.202 e. The van der Waals surface area contributed by atoms with Crippen LogP contribution in [-0.4, -0.2) is 34.0 Å². The van der Waals surface area contributed by atoms with Crippen LogP contribution in [0.15, 0.2) is 93.2 Å². The number of benzene rings is 1. The Hall–Kier alpha value is -2.99. The number of aliphatic imine (C=N–C) groups is 1. The van der Waals surface area contributed by atoms with Crippen molar-refractivity contribution in [1.82, 2.24) is 9.97 Å². The summed E-state index contributed by atoms with van der Waals surface area (Å²) in [4.78, 5) is 12.7. The number of aromatic nitrogens is 2. The predicted octanol–water partition coefficient (Wildman–Crippen LogP) is 5.64.